The van der Waals surface area contributed by atoms with Gasteiger partial charge in [-0.05, 0) is 30.7 Å². The molecule has 0 fully saturated rings. The van der Waals surface area contributed by atoms with Crippen molar-refractivity contribution < 1.29 is 17.9 Å². The van der Waals surface area contributed by atoms with Crippen LogP contribution in [0.15, 0.2) is 30.3 Å². The van der Waals surface area contributed by atoms with E-state index in [1.807, 2.05) is 31.2 Å². The first-order valence-corrected chi connectivity index (χ1v) is 6.92. The second kappa shape index (κ2) is 6.83. The van der Waals surface area contributed by atoms with E-state index in [9.17, 15) is 13.2 Å². The maximum absolute atomic E-state index is 12.6. The Morgan fingerprint density at radius 2 is 1.86 bits per heavy atom. The number of halogens is 3. The van der Waals surface area contributed by atoms with Gasteiger partial charge in [0, 0.05) is 20.1 Å². The number of nitrogens with zero attached hydrogens (tertiary/aromatic N) is 2. The van der Waals surface area contributed by atoms with E-state index in [1.165, 1.54) is 11.7 Å². The van der Waals surface area contributed by atoms with E-state index in [-0.39, 0.29) is 0 Å². The van der Waals surface area contributed by atoms with Gasteiger partial charge in [-0.2, -0.15) is 18.3 Å². The van der Waals surface area contributed by atoms with Gasteiger partial charge in [-0.25, -0.2) is 0 Å². The van der Waals surface area contributed by atoms with Crippen molar-refractivity contribution in [2.24, 2.45) is 7.05 Å². The summed E-state index contributed by atoms with van der Waals surface area (Å²) >= 11 is 0. The predicted molar refractivity (Wildman–Crippen MR) is 76.4 cm³/mol. The zero-order chi connectivity index (χ0) is 16.2. The molecule has 1 aromatic carbocycles. The van der Waals surface area contributed by atoms with Crippen LogP contribution in [0.3, 0.4) is 0 Å². The Labute approximate surface area is 126 Å². The minimum absolute atomic E-state index is 0.312. The van der Waals surface area contributed by atoms with Crippen molar-refractivity contribution in [3.8, 4) is 5.75 Å². The van der Waals surface area contributed by atoms with E-state index in [4.69, 9.17) is 4.74 Å². The van der Waals surface area contributed by atoms with Crippen molar-refractivity contribution in [2.45, 2.75) is 26.2 Å². The lowest BCUT2D eigenvalue weighted by atomic mass is 10.2. The molecule has 0 radical (unpaired) electrons. The van der Waals surface area contributed by atoms with Gasteiger partial charge in [-0.3, -0.25) is 4.68 Å². The second-order valence-electron chi connectivity index (χ2n) is 4.82. The molecule has 22 heavy (non-hydrogen) atoms. The number of nitrogens with one attached hydrogen (secondary N) is 1. The van der Waals surface area contributed by atoms with Crippen molar-refractivity contribution in [1.82, 2.24) is 15.1 Å². The third kappa shape index (κ3) is 4.24. The first kappa shape index (κ1) is 16.4. The molecule has 0 aliphatic carbocycles. The van der Waals surface area contributed by atoms with Crippen molar-refractivity contribution in [1.29, 1.82) is 0 Å². The van der Waals surface area contributed by atoms with Gasteiger partial charge < -0.3 is 10.1 Å². The second-order valence-corrected chi connectivity index (χ2v) is 4.82. The van der Waals surface area contributed by atoms with Crippen molar-refractivity contribution in [3.05, 3.63) is 47.3 Å². The maximum Gasteiger partial charge on any atom is 0.435 e. The lowest BCUT2D eigenvalue weighted by Crippen LogP contribution is -2.15. The van der Waals surface area contributed by atoms with E-state index >= 15 is 0 Å². The number of ether oxygens (including phenoxy) is 1. The largest absolute Gasteiger partial charge is 0.494 e. The topological polar surface area (TPSA) is 39.1 Å². The van der Waals surface area contributed by atoms with Crippen molar-refractivity contribution >= 4 is 0 Å². The number of benzene rings is 1. The van der Waals surface area contributed by atoms with Gasteiger partial charge in [0.1, 0.15) is 5.75 Å². The quantitative estimate of drug-likeness (QED) is 0.890. The molecule has 1 aromatic heterocycles. The molecule has 0 unspecified atom stereocenters. The lowest BCUT2D eigenvalue weighted by Gasteiger charge is -2.07. The fourth-order valence-electron chi connectivity index (χ4n) is 2.02. The molecule has 0 aliphatic rings. The molecule has 0 aliphatic heterocycles. The van der Waals surface area contributed by atoms with Gasteiger partial charge in [0.25, 0.3) is 0 Å². The Kier molecular flexibility index (Phi) is 5.07. The average Bonchev–Trinajstić information content (AvgIpc) is 2.83. The Hall–Kier alpha value is -2.02. The highest BCUT2D eigenvalue weighted by Gasteiger charge is 2.34. The summed E-state index contributed by atoms with van der Waals surface area (Å²) in [5.74, 6) is 0.799. The van der Waals surface area contributed by atoms with Gasteiger partial charge in [0.05, 0.1) is 12.3 Å². The molecule has 0 atom stereocenters. The molecule has 2 rings (SSSR count). The summed E-state index contributed by atoms with van der Waals surface area (Å²) in [5.41, 5.74) is 0.646. The van der Waals surface area contributed by atoms with Gasteiger partial charge in [0.2, 0.25) is 0 Å². The summed E-state index contributed by atoms with van der Waals surface area (Å²) in [4.78, 5) is 0. The molecular weight excluding hydrogens is 295 g/mol. The summed E-state index contributed by atoms with van der Waals surface area (Å²) in [7, 11) is 1.50. The number of hydrogen-bond donors (Lipinski definition) is 1. The molecule has 1 N–H and O–H groups in total. The molecule has 120 valence electrons. The van der Waals surface area contributed by atoms with Crippen LogP contribution in [0.25, 0.3) is 0 Å². The molecule has 4 nitrogen and oxygen atoms in total. The number of rotatable bonds is 6. The Morgan fingerprint density at radius 1 is 1.18 bits per heavy atom. The Morgan fingerprint density at radius 3 is 2.41 bits per heavy atom. The molecule has 2 aromatic rings. The molecular formula is C15H18F3N3O. The van der Waals surface area contributed by atoms with Crippen LogP contribution < -0.4 is 10.1 Å². The molecule has 0 amide bonds. The summed E-state index contributed by atoms with van der Waals surface area (Å²) < 4.78 is 44.3. The van der Waals surface area contributed by atoms with Crippen LogP contribution in [0.5, 0.6) is 5.75 Å². The Balaban J connectivity index is 1.89. The molecule has 7 heteroatoms. The van der Waals surface area contributed by atoms with Crippen LogP contribution in [0.1, 0.15) is 23.9 Å². The monoisotopic (exact) mass is 313 g/mol. The average molecular weight is 313 g/mol. The summed E-state index contributed by atoms with van der Waals surface area (Å²) in [6.07, 6.45) is -4.41. The van der Waals surface area contributed by atoms with Gasteiger partial charge in [-0.15, -0.1) is 0 Å². The summed E-state index contributed by atoms with van der Waals surface area (Å²) in [6, 6.07) is 8.63. The predicted octanol–water partition coefficient (Wildman–Crippen LogP) is 3.13. The minimum atomic E-state index is -4.41. The molecule has 0 saturated heterocycles. The number of aryl methyl sites for hydroxylation is 1. The number of aromatic nitrogens is 2. The maximum atomic E-state index is 12.6. The molecule has 0 saturated carbocycles. The van der Waals surface area contributed by atoms with Crippen LogP contribution in [-0.4, -0.2) is 16.4 Å². The van der Waals surface area contributed by atoms with E-state index in [1.54, 1.807) is 0 Å². The van der Waals surface area contributed by atoms with Crippen LogP contribution in [0, 0.1) is 0 Å². The highest BCUT2D eigenvalue weighted by atomic mass is 19.4. The third-order valence-corrected chi connectivity index (χ3v) is 3.14. The smallest absolute Gasteiger partial charge is 0.435 e. The third-order valence-electron chi connectivity index (χ3n) is 3.14. The van der Waals surface area contributed by atoms with Crippen molar-refractivity contribution in [3.63, 3.8) is 0 Å². The van der Waals surface area contributed by atoms with E-state index in [0.717, 1.165) is 17.4 Å². The fourth-order valence-corrected chi connectivity index (χ4v) is 2.02. The normalized spacial score (nSPS) is 11.7. The van der Waals surface area contributed by atoms with Crippen LogP contribution in [0.4, 0.5) is 13.2 Å². The molecule has 0 spiro atoms. The zero-order valence-electron chi connectivity index (χ0n) is 12.4. The highest BCUT2D eigenvalue weighted by Crippen LogP contribution is 2.28. The van der Waals surface area contributed by atoms with E-state index in [0.29, 0.717) is 25.4 Å². The van der Waals surface area contributed by atoms with Gasteiger partial charge >= 0.3 is 6.18 Å². The number of alkyl halides is 3. The molecule has 1 heterocycles. The van der Waals surface area contributed by atoms with Gasteiger partial charge in [-0.1, -0.05) is 12.1 Å². The van der Waals surface area contributed by atoms with E-state index in [2.05, 4.69) is 10.4 Å². The van der Waals surface area contributed by atoms with Crippen LogP contribution in [-0.2, 0) is 26.3 Å². The fraction of sp³-hybridized carbons (Fsp3) is 0.400. The van der Waals surface area contributed by atoms with Crippen LogP contribution >= 0.6 is 0 Å². The highest BCUT2D eigenvalue weighted by molar-refractivity contribution is 5.27. The van der Waals surface area contributed by atoms with E-state index < -0.39 is 11.9 Å². The van der Waals surface area contributed by atoms with Crippen molar-refractivity contribution in [2.75, 3.05) is 6.61 Å². The SMILES string of the molecule is CCOc1ccc(CNCc2cc(C(F)(F)F)nn2C)cc1. The van der Waals surface area contributed by atoms with Crippen LogP contribution in [0.2, 0.25) is 0 Å². The first-order chi connectivity index (χ1) is 10.4. The Bertz CT molecular complexity index is 605. The summed E-state index contributed by atoms with van der Waals surface area (Å²) in [6.45, 7) is 3.39. The van der Waals surface area contributed by atoms with Gasteiger partial charge in [0.15, 0.2) is 5.69 Å². The zero-order valence-corrected chi connectivity index (χ0v) is 12.4. The standard InChI is InChI=1S/C15H18F3N3O/c1-3-22-13-6-4-11(5-7-13)9-19-10-12-8-14(15(16,17)18)20-21(12)2/h4-8,19H,3,9-10H2,1-2H3. The first-order valence-electron chi connectivity index (χ1n) is 6.92. The number of hydrogen-bond acceptors (Lipinski definition) is 3. The minimum Gasteiger partial charge on any atom is -0.494 e. The lowest BCUT2D eigenvalue weighted by molar-refractivity contribution is -0.141. The summed E-state index contributed by atoms with van der Waals surface area (Å²) in [5, 5.41) is 6.58. The molecule has 0 bridgehead atoms.